The van der Waals surface area contributed by atoms with Crippen molar-refractivity contribution in [3.05, 3.63) is 53.1 Å². The Morgan fingerprint density at radius 2 is 1.96 bits per heavy atom. The molecule has 3 rings (SSSR count). The second-order valence-electron chi connectivity index (χ2n) is 7.71. The van der Waals surface area contributed by atoms with Gasteiger partial charge in [-0.05, 0) is 48.2 Å². The van der Waals surface area contributed by atoms with Crippen LogP contribution in [0.1, 0.15) is 42.5 Å². The van der Waals surface area contributed by atoms with Crippen molar-refractivity contribution in [1.29, 1.82) is 0 Å². The maximum absolute atomic E-state index is 10.0. The summed E-state index contributed by atoms with van der Waals surface area (Å²) in [6.45, 7) is 10.5. The van der Waals surface area contributed by atoms with Gasteiger partial charge in [0.15, 0.2) is 0 Å². The molecule has 0 radical (unpaired) electrons. The molecule has 0 saturated carbocycles. The number of nitrogens with one attached hydrogen (secondary N) is 1. The lowest BCUT2D eigenvalue weighted by molar-refractivity contribution is 0.133. The van der Waals surface area contributed by atoms with E-state index >= 15 is 0 Å². The van der Waals surface area contributed by atoms with Crippen molar-refractivity contribution < 1.29 is 14.6 Å². The quantitative estimate of drug-likeness (QED) is 0.759. The van der Waals surface area contributed by atoms with Crippen molar-refractivity contribution in [2.75, 3.05) is 39.9 Å². The van der Waals surface area contributed by atoms with Crippen LogP contribution in [0.5, 0.6) is 17.2 Å². The largest absolute Gasteiger partial charge is 0.508 e. The van der Waals surface area contributed by atoms with E-state index in [1.165, 1.54) is 5.56 Å². The van der Waals surface area contributed by atoms with Crippen LogP contribution in [0.3, 0.4) is 0 Å². The third-order valence-electron chi connectivity index (χ3n) is 5.44. The molecule has 28 heavy (non-hydrogen) atoms. The third-order valence-corrected chi connectivity index (χ3v) is 5.44. The van der Waals surface area contributed by atoms with Crippen molar-refractivity contribution in [1.82, 2.24) is 10.2 Å². The summed E-state index contributed by atoms with van der Waals surface area (Å²) in [7, 11) is 1.69. The summed E-state index contributed by atoms with van der Waals surface area (Å²) in [5.74, 6) is 2.39. The highest BCUT2D eigenvalue weighted by molar-refractivity contribution is 5.46. The SMILES string of the molecule is COc1ccc(C2CNCCN2CCOc2cc(C)c(O)cc2C(C)C)cc1. The number of rotatable bonds is 7. The minimum atomic E-state index is 0.299. The summed E-state index contributed by atoms with van der Waals surface area (Å²) in [6, 6.07) is 12.4. The molecule has 0 aromatic heterocycles. The van der Waals surface area contributed by atoms with Crippen LogP contribution in [0.4, 0.5) is 0 Å². The Labute approximate surface area is 168 Å². The molecule has 1 heterocycles. The van der Waals surface area contributed by atoms with Crippen LogP contribution in [0.25, 0.3) is 0 Å². The maximum atomic E-state index is 10.0. The van der Waals surface area contributed by atoms with E-state index < -0.39 is 0 Å². The number of hydrogen-bond donors (Lipinski definition) is 2. The number of phenolic OH excluding ortho intramolecular Hbond substituents is 1. The molecule has 0 spiro atoms. The summed E-state index contributed by atoms with van der Waals surface area (Å²) in [6.07, 6.45) is 0. The molecule has 1 saturated heterocycles. The van der Waals surface area contributed by atoms with Crippen LogP contribution < -0.4 is 14.8 Å². The van der Waals surface area contributed by atoms with Crippen LogP contribution >= 0.6 is 0 Å². The van der Waals surface area contributed by atoms with Gasteiger partial charge in [-0.15, -0.1) is 0 Å². The van der Waals surface area contributed by atoms with Gasteiger partial charge >= 0.3 is 0 Å². The molecule has 1 aliphatic rings. The first-order valence-electron chi connectivity index (χ1n) is 10.0. The van der Waals surface area contributed by atoms with Gasteiger partial charge in [-0.2, -0.15) is 0 Å². The van der Waals surface area contributed by atoms with E-state index in [0.717, 1.165) is 48.8 Å². The van der Waals surface area contributed by atoms with E-state index in [1.54, 1.807) is 7.11 Å². The smallest absolute Gasteiger partial charge is 0.123 e. The molecule has 5 heteroatoms. The Hall–Kier alpha value is -2.24. The van der Waals surface area contributed by atoms with E-state index in [4.69, 9.17) is 9.47 Å². The second kappa shape index (κ2) is 9.30. The first kappa shape index (κ1) is 20.5. The second-order valence-corrected chi connectivity index (χ2v) is 7.71. The number of hydrogen-bond acceptors (Lipinski definition) is 5. The fourth-order valence-electron chi connectivity index (χ4n) is 3.70. The first-order valence-corrected chi connectivity index (χ1v) is 10.0. The third kappa shape index (κ3) is 4.78. The van der Waals surface area contributed by atoms with Crippen molar-refractivity contribution in [3.63, 3.8) is 0 Å². The molecule has 1 atom stereocenters. The van der Waals surface area contributed by atoms with Crippen LogP contribution in [0.2, 0.25) is 0 Å². The molecule has 2 N–H and O–H groups in total. The van der Waals surface area contributed by atoms with E-state index in [0.29, 0.717) is 24.3 Å². The zero-order valence-electron chi connectivity index (χ0n) is 17.4. The minimum Gasteiger partial charge on any atom is -0.508 e. The zero-order chi connectivity index (χ0) is 20.1. The molecule has 1 unspecified atom stereocenters. The van der Waals surface area contributed by atoms with Gasteiger partial charge in [0.2, 0.25) is 0 Å². The van der Waals surface area contributed by atoms with Gasteiger partial charge in [0, 0.05) is 37.8 Å². The van der Waals surface area contributed by atoms with Gasteiger partial charge in [-0.25, -0.2) is 0 Å². The number of nitrogens with zero attached hydrogens (tertiary/aromatic N) is 1. The monoisotopic (exact) mass is 384 g/mol. The van der Waals surface area contributed by atoms with Gasteiger partial charge in [0.1, 0.15) is 23.9 Å². The number of benzene rings is 2. The Morgan fingerprint density at radius 3 is 2.64 bits per heavy atom. The molecule has 1 aliphatic heterocycles. The van der Waals surface area contributed by atoms with Crippen molar-refractivity contribution >= 4 is 0 Å². The highest BCUT2D eigenvalue weighted by Gasteiger charge is 2.23. The standard InChI is InChI=1S/C23H32N2O3/c1-16(2)20-14-22(26)17(3)13-23(20)28-12-11-25-10-9-24-15-21(25)18-5-7-19(27-4)8-6-18/h5-8,13-14,16,21,24,26H,9-12,15H2,1-4H3. The van der Waals surface area contributed by atoms with E-state index in [2.05, 4.69) is 36.2 Å². The predicted octanol–water partition coefficient (Wildman–Crippen LogP) is 3.86. The number of piperazine rings is 1. The van der Waals surface area contributed by atoms with E-state index in [-0.39, 0.29) is 0 Å². The Balaban J connectivity index is 1.66. The van der Waals surface area contributed by atoms with Crippen molar-refractivity contribution in [3.8, 4) is 17.2 Å². The molecular weight excluding hydrogens is 352 g/mol. The average molecular weight is 385 g/mol. The molecule has 0 bridgehead atoms. The lowest BCUT2D eigenvalue weighted by atomic mass is 10.00. The van der Waals surface area contributed by atoms with Gasteiger partial charge in [-0.1, -0.05) is 26.0 Å². The minimum absolute atomic E-state index is 0.299. The van der Waals surface area contributed by atoms with Crippen LogP contribution in [0.15, 0.2) is 36.4 Å². The first-order chi connectivity index (χ1) is 13.5. The Kier molecular flexibility index (Phi) is 6.81. The highest BCUT2D eigenvalue weighted by Crippen LogP contribution is 2.33. The van der Waals surface area contributed by atoms with Crippen LogP contribution in [0, 0.1) is 6.92 Å². The summed E-state index contributed by atoms with van der Waals surface area (Å²) in [5.41, 5.74) is 3.18. The maximum Gasteiger partial charge on any atom is 0.123 e. The summed E-state index contributed by atoms with van der Waals surface area (Å²) in [4.78, 5) is 2.47. The topological polar surface area (TPSA) is 54.0 Å². The van der Waals surface area contributed by atoms with Crippen molar-refractivity contribution in [2.24, 2.45) is 0 Å². The number of aryl methyl sites for hydroxylation is 1. The number of methoxy groups -OCH3 is 1. The van der Waals surface area contributed by atoms with Gasteiger partial charge < -0.3 is 19.9 Å². The fraction of sp³-hybridized carbons (Fsp3) is 0.478. The number of ether oxygens (including phenoxy) is 2. The number of phenols is 1. The molecule has 2 aromatic rings. The highest BCUT2D eigenvalue weighted by atomic mass is 16.5. The lowest BCUT2D eigenvalue weighted by Crippen LogP contribution is -2.47. The number of aromatic hydroxyl groups is 1. The lowest BCUT2D eigenvalue weighted by Gasteiger charge is -2.36. The molecule has 1 fully saturated rings. The van der Waals surface area contributed by atoms with Gasteiger partial charge in [-0.3, -0.25) is 4.90 Å². The molecule has 0 amide bonds. The Bertz CT molecular complexity index is 774. The normalized spacial score (nSPS) is 17.7. The van der Waals surface area contributed by atoms with Crippen LogP contribution in [-0.4, -0.2) is 49.9 Å². The molecule has 152 valence electrons. The van der Waals surface area contributed by atoms with Gasteiger partial charge in [0.05, 0.1) is 7.11 Å². The zero-order valence-corrected chi connectivity index (χ0v) is 17.4. The predicted molar refractivity (Wildman–Crippen MR) is 113 cm³/mol. The van der Waals surface area contributed by atoms with Gasteiger partial charge in [0.25, 0.3) is 0 Å². The van der Waals surface area contributed by atoms with Crippen molar-refractivity contribution in [2.45, 2.75) is 32.7 Å². The Morgan fingerprint density at radius 1 is 1.21 bits per heavy atom. The summed E-state index contributed by atoms with van der Waals surface area (Å²) >= 11 is 0. The molecule has 0 aliphatic carbocycles. The van der Waals surface area contributed by atoms with Crippen LogP contribution in [-0.2, 0) is 0 Å². The van der Waals surface area contributed by atoms with E-state index in [1.807, 2.05) is 31.2 Å². The molecule has 2 aromatic carbocycles. The summed E-state index contributed by atoms with van der Waals surface area (Å²) < 4.78 is 11.4. The molecular formula is C23H32N2O3. The molecule has 5 nitrogen and oxygen atoms in total. The fourth-order valence-corrected chi connectivity index (χ4v) is 3.70. The average Bonchev–Trinajstić information content (AvgIpc) is 2.70. The van der Waals surface area contributed by atoms with E-state index in [9.17, 15) is 5.11 Å². The summed E-state index contributed by atoms with van der Waals surface area (Å²) in [5, 5.41) is 13.5.